The van der Waals surface area contributed by atoms with Crippen LogP contribution in [0.3, 0.4) is 0 Å². The van der Waals surface area contributed by atoms with Gasteiger partial charge in [-0.25, -0.2) is 9.37 Å². The first-order valence-corrected chi connectivity index (χ1v) is 10.8. The number of likely N-dealkylation sites (tertiary alicyclic amines) is 1. The number of aliphatic imine (C=N–C) groups is 1. The highest BCUT2D eigenvalue weighted by molar-refractivity contribution is 14.0. The molecule has 2 aromatic rings. The van der Waals surface area contributed by atoms with Gasteiger partial charge < -0.3 is 10.6 Å². The normalized spacial score (nSPS) is 16.0. The summed E-state index contributed by atoms with van der Waals surface area (Å²) in [6.45, 7) is 7.94. The van der Waals surface area contributed by atoms with Crippen molar-refractivity contribution in [1.29, 1.82) is 0 Å². The summed E-state index contributed by atoms with van der Waals surface area (Å²) in [6.07, 6.45) is 2.13. The molecule has 0 bridgehead atoms. The molecule has 1 saturated heterocycles. The van der Waals surface area contributed by atoms with Gasteiger partial charge in [0.1, 0.15) is 5.82 Å². The Kier molecular flexibility index (Phi) is 9.78. The minimum Gasteiger partial charge on any atom is -0.354 e. The zero-order valence-electron chi connectivity index (χ0n) is 17.3. The fourth-order valence-corrected chi connectivity index (χ4v) is 4.15. The average molecular weight is 531 g/mol. The van der Waals surface area contributed by atoms with E-state index in [0.717, 1.165) is 49.7 Å². The van der Waals surface area contributed by atoms with Crippen LogP contribution in [0.1, 0.15) is 48.9 Å². The fourth-order valence-electron chi connectivity index (χ4n) is 3.31. The quantitative estimate of drug-likeness (QED) is 0.331. The molecule has 1 aromatic carbocycles. The molecule has 8 heteroatoms. The van der Waals surface area contributed by atoms with Crippen molar-refractivity contribution in [3.8, 4) is 0 Å². The Morgan fingerprint density at radius 2 is 1.97 bits per heavy atom. The summed E-state index contributed by atoms with van der Waals surface area (Å²) in [5.74, 6) is 1.12. The summed E-state index contributed by atoms with van der Waals surface area (Å²) < 4.78 is 13.0. The van der Waals surface area contributed by atoms with Crippen molar-refractivity contribution in [2.45, 2.75) is 51.7 Å². The summed E-state index contributed by atoms with van der Waals surface area (Å²) in [5, 5.41) is 10.2. The molecule has 0 amide bonds. The van der Waals surface area contributed by atoms with Gasteiger partial charge in [-0.3, -0.25) is 9.89 Å². The average Bonchev–Trinajstić information content (AvgIpc) is 3.18. The maximum Gasteiger partial charge on any atom is 0.191 e. The largest absolute Gasteiger partial charge is 0.354 e. The minimum atomic E-state index is -0.177. The molecule has 0 aliphatic carbocycles. The molecule has 29 heavy (non-hydrogen) atoms. The number of nitrogens with one attached hydrogen (secondary N) is 2. The van der Waals surface area contributed by atoms with Gasteiger partial charge in [0, 0.05) is 44.0 Å². The highest BCUT2D eigenvalue weighted by Gasteiger charge is 2.20. The Balaban J connectivity index is 0.00000300. The zero-order chi connectivity index (χ0) is 19.9. The van der Waals surface area contributed by atoms with Crippen LogP contribution in [0.4, 0.5) is 4.39 Å². The Bertz CT molecular complexity index is 770. The Hall–Kier alpha value is -1.26. The number of halogens is 2. The van der Waals surface area contributed by atoms with Crippen LogP contribution in [0.2, 0.25) is 0 Å². The van der Waals surface area contributed by atoms with Crippen molar-refractivity contribution in [1.82, 2.24) is 20.5 Å². The van der Waals surface area contributed by atoms with Crippen molar-refractivity contribution < 1.29 is 4.39 Å². The first kappa shape index (κ1) is 24.0. The SMILES string of the molecule is CN=C(NCc1csc(C(C)C)n1)NC1CCN(Cc2ccc(F)cc2)CC1.I. The van der Waals surface area contributed by atoms with Gasteiger partial charge in [0.25, 0.3) is 0 Å². The van der Waals surface area contributed by atoms with Crippen molar-refractivity contribution in [2.24, 2.45) is 4.99 Å². The van der Waals surface area contributed by atoms with E-state index in [0.29, 0.717) is 18.5 Å². The molecule has 2 heterocycles. The molecule has 0 spiro atoms. The van der Waals surface area contributed by atoms with Crippen LogP contribution in [-0.4, -0.2) is 42.0 Å². The number of benzene rings is 1. The smallest absolute Gasteiger partial charge is 0.191 e. The maximum atomic E-state index is 13.0. The number of rotatable bonds is 6. The molecular formula is C21H31FIN5S. The molecule has 1 aromatic heterocycles. The van der Waals surface area contributed by atoms with Crippen molar-refractivity contribution >= 4 is 41.3 Å². The third-order valence-corrected chi connectivity index (χ3v) is 6.17. The minimum absolute atomic E-state index is 0. The molecule has 160 valence electrons. The lowest BCUT2D eigenvalue weighted by molar-refractivity contribution is 0.198. The summed E-state index contributed by atoms with van der Waals surface area (Å²) in [5.41, 5.74) is 2.22. The second-order valence-electron chi connectivity index (χ2n) is 7.58. The van der Waals surface area contributed by atoms with Crippen LogP contribution in [0.5, 0.6) is 0 Å². The van der Waals surface area contributed by atoms with Gasteiger partial charge in [-0.05, 0) is 30.5 Å². The van der Waals surface area contributed by atoms with E-state index < -0.39 is 0 Å². The summed E-state index contributed by atoms with van der Waals surface area (Å²) in [4.78, 5) is 11.4. The lowest BCUT2D eigenvalue weighted by Crippen LogP contribution is -2.48. The molecule has 1 aliphatic heterocycles. The Morgan fingerprint density at radius 1 is 1.28 bits per heavy atom. The molecule has 2 N–H and O–H groups in total. The topological polar surface area (TPSA) is 52.6 Å². The summed E-state index contributed by atoms with van der Waals surface area (Å²) >= 11 is 1.72. The van der Waals surface area contributed by atoms with E-state index in [4.69, 9.17) is 0 Å². The molecule has 0 atom stereocenters. The number of aromatic nitrogens is 1. The van der Waals surface area contributed by atoms with Gasteiger partial charge in [-0.15, -0.1) is 35.3 Å². The first-order valence-electron chi connectivity index (χ1n) is 9.91. The van der Waals surface area contributed by atoms with E-state index in [9.17, 15) is 4.39 Å². The van der Waals surface area contributed by atoms with Gasteiger partial charge in [-0.1, -0.05) is 26.0 Å². The highest BCUT2D eigenvalue weighted by Crippen LogP contribution is 2.19. The van der Waals surface area contributed by atoms with E-state index >= 15 is 0 Å². The van der Waals surface area contributed by atoms with E-state index in [2.05, 4.69) is 44.7 Å². The van der Waals surface area contributed by atoms with Crippen molar-refractivity contribution in [2.75, 3.05) is 20.1 Å². The van der Waals surface area contributed by atoms with Gasteiger partial charge in [0.2, 0.25) is 0 Å². The molecule has 1 aliphatic rings. The molecular weight excluding hydrogens is 500 g/mol. The van der Waals surface area contributed by atoms with Gasteiger partial charge in [0.05, 0.1) is 17.2 Å². The second kappa shape index (κ2) is 11.8. The van der Waals surface area contributed by atoms with Crippen LogP contribution in [-0.2, 0) is 13.1 Å². The van der Waals surface area contributed by atoms with Gasteiger partial charge >= 0.3 is 0 Å². The third-order valence-electron chi connectivity index (χ3n) is 4.97. The molecule has 0 radical (unpaired) electrons. The Morgan fingerprint density at radius 3 is 2.55 bits per heavy atom. The van der Waals surface area contributed by atoms with Crippen molar-refractivity contribution in [3.05, 3.63) is 51.7 Å². The second-order valence-corrected chi connectivity index (χ2v) is 8.47. The predicted molar refractivity (Wildman–Crippen MR) is 130 cm³/mol. The van der Waals surface area contributed by atoms with E-state index in [1.807, 2.05) is 12.1 Å². The van der Waals surface area contributed by atoms with Crippen LogP contribution in [0.25, 0.3) is 0 Å². The first-order chi connectivity index (χ1) is 13.5. The van der Waals surface area contributed by atoms with E-state index in [1.54, 1.807) is 18.4 Å². The lowest BCUT2D eigenvalue weighted by atomic mass is 10.0. The molecule has 5 nitrogen and oxygen atoms in total. The predicted octanol–water partition coefficient (Wildman–Crippen LogP) is 4.35. The lowest BCUT2D eigenvalue weighted by Gasteiger charge is -2.33. The third kappa shape index (κ3) is 7.49. The maximum absolute atomic E-state index is 13.0. The summed E-state index contributed by atoms with van der Waals surface area (Å²) in [6, 6.07) is 7.22. The molecule has 0 saturated carbocycles. The molecule has 1 fully saturated rings. The monoisotopic (exact) mass is 531 g/mol. The number of hydrogen-bond donors (Lipinski definition) is 2. The number of piperidine rings is 1. The molecule has 0 unspecified atom stereocenters. The van der Waals surface area contributed by atoms with E-state index in [-0.39, 0.29) is 29.8 Å². The van der Waals surface area contributed by atoms with Gasteiger partial charge in [-0.2, -0.15) is 0 Å². The summed E-state index contributed by atoms with van der Waals surface area (Å²) in [7, 11) is 1.81. The Labute approximate surface area is 194 Å². The number of nitrogens with zero attached hydrogens (tertiary/aromatic N) is 3. The van der Waals surface area contributed by atoms with Crippen LogP contribution in [0.15, 0.2) is 34.6 Å². The van der Waals surface area contributed by atoms with Crippen LogP contribution in [0, 0.1) is 5.82 Å². The zero-order valence-corrected chi connectivity index (χ0v) is 20.5. The van der Waals surface area contributed by atoms with Crippen LogP contribution < -0.4 is 10.6 Å². The van der Waals surface area contributed by atoms with Crippen LogP contribution >= 0.6 is 35.3 Å². The fraction of sp³-hybridized carbons (Fsp3) is 0.524. The van der Waals surface area contributed by atoms with Crippen molar-refractivity contribution in [3.63, 3.8) is 0 Å². The van der Waals surface area contributed by atoms with E-state index in [1.165, 1.54) is 17.1 Å². The number of guanidine groups is 1. The van der Waals surface area contributed by atoms with Gasteiger partial charge in [0.15, 0.2) is 5.96 Å². The number of thiazole rings is 1. The highest BCUT2D eigenvalue weighted by atomic mass is 127. The molecule has 3 rings (SSSR count). The standard InChI is InChI=1S/C21H30FN5S.HI/c1-15(2)20-25-19(14-28-20)12-24-21(23-3)26-18-8-10-27(11-9-18)13-16-4-6-17(22)7-5-16;/h4-7,14-15,18H,8-13H2,1-3H3,(H2,23,24,26);1H. The number of hydrogen-bond acceptors (Lipinski definition) is 4.